The molecule has 1 aromatic carbocycles. The van der Waals surface area contributed by atoms with E-state index in [4.69, 9.17) is 10.5 Å². The SMILES string of the molecule is Brc1ccccc1N(Br)Br.NCC1CO1. The average Bonchev–Trinajstić information content (AvgIpc) is 3.02. The monoisotopic (exact) mass is 400 g/mol. The minimum Gasteiger partial charge on any atom is -0.372 e. The molecule has 0 saturated carbocycles. The molecule has 15 heavy (non-hydrogen) atoms. The lowest BCUT2D eigenvalue weighted by atomic mass is 10.3. The van der Waals surface area contributed by atoms with Crippen LogP contribution < -0.4 is 8.69 Å². The number of halogens is 3. The van der Waals surface area contributed by atoms with E-state index < -0.39 is 0 Å². The van der Waals surface area contributed by atoms with E-state index in [1.807, 2.05) is 24.3 Å². The molecule has 1 heterocycles. The largest absolute Gasteiger partial charge is 0.372 e. The first kappa shape index (κ1) is 13.4. The van der Waals surface area contributed by atoms with E-state index in [2.05, 4.69) is 48.2 Å². The fourth-order valence-corrected chi connectivity index (χ4v) is 2.35. The molecule has 0 amide bonds. The highest BCUT2D eigenvalue weighted by atomic mass is 79.9. The molecule has 0 radical (unpaired) electrons. The highest BCUT2D eigenvalue weighted by Gasteiger charge is 2.18. The van der Waals surface area contributed by atoms with Crippen LogP contribution in [0.5, 0.6) is 0 Å². The Hall–Kier alpha value is 0.380. The lowest BCUT2D eigenvalue weighted by Gasteiger charge is -2.07. The van der Waals surface area contributed by atoms with Gasteiger partial charge in [-0.25, -0.2) is 2.95 Å². The lowest BCUT2D eigenvalue weighted by Crippen LogP contribution is -2.05. The van der Waals surface area contributed by atoms with Crippen molar-refractivity contribution < 1.29 is 4.74 Å². The summed E-state index contributed by atoms with van der Waals surface area (Å²) in [4.78, 5) is 0. The number of nitrogens with two attached hydrogens (primary N) is 1. The topological polar surface area (TPSA) is 41.8 Å². The van der Waals surface area contributed by atoms with E-state index in [9.17, 15) is 0 Å². The number of nitrogens with zero attached hydrogens (tertiary/aromatic N) is 1. The number of ether oxygens (including phenoxy) is 1. The summed E-state index contributed by atoms with van der Waals surface area (Å²) in [6.07, 6.45) is 0.412. The molecular weight excluding hydrogens is 392 g/mol. The van der Waals surface area contributed by atoms with E-state index in [0.29, 0.717) is 12.6 Å². The van der Waals surface area contributed by atoms with Crippen LogP contribution >= 0.6 is 48.2 Å². The molecule has 1 fully saturated rings. The van der Waals surface area contributed by atoms with Crippen molar-refractivity contribution in [3.63, 3.8) is 0 Å². The lowest BCUT2D eigenvalue weighted by molar-refractivity contribution is 0.412. The number of anilines is 1. The number of hydrogen-bond acceptors (Lipinski definition) is 3. The maximum Gasteiger partial charge on any atom is 0.0931 e. The number of benzene rings is 1. The van der Waals surface area contributed by atoms with Crippen molar-refractivity contribution in [2.45, 2.75) is 6.10 Å². The zero-order chi connectivity index (χ0) is 11.3. The molecule has 3 nitrogen and oxygen atoms in total. The second-order valence-electron chi connectivity index (χ2n) is 2.88. The maximum atomic E-state index is 5.11. The molecule has 1 aromatic rings. The molecule has 0 spiro atoms. The predicted octanol–water partition coefficient (Wildman–Crippen LogP) is 3.22. The first-order chi connectivity index (χ1) is 7.15. The second kappa shape index (κ2) is 6.85. The Morgan fingerprint density at radius 2 is 2.00 bits per heavy atom. The highest BCUT2D eigenvalue weighted by Crippen LogP contribution is 2.29. The number of rotatable bonds is 2. The average molecular weight is 403 g/mol. The Morgan fingerprint density at radius 3 is 2.27 bits per heavy atom. The van der Waals surface area contributed by atoms with Crippen LogP contribution in [0.15, 0.2) is 28.7 Å². The van der Waals surface area contributed by atoms with Gasteiger partial charge in [0, 0.05) is 11.0 Å². The summed E-state index contributed by atoms with van der Waals surface area (Å²) in [7, 11) is 0. The summed E-state index contributed by atoms with van der Waals surface area (Å²) < 4.78 is 7.48. The van der Waals surface area contributed by atoms with Gasteiger partial charge in [0.25, 0.3) is 0 Å². The minimum absolute atomic E-state index is 0.412. The summed E-state index contributed by atoms with van der Waals surface area (Å²) in [6, 6.07) is 7.89. The number of epoxide rings is 1. The maximum absolute atomic E-state index is 5.11. The van der Waals surface area contributed by atoms with Gasteiger partial charge in [0.1, 0.15) is 0 Å². The third-order valence-corrected chi connectivity index (χ3v) is 3.13. The smallest absolute Gasteiger partial charge is 0.0931 e. The van der Waals surface area contributed by atoms with Gasteiger partial charge in [-0.2, -0.15) is 0 Å². The van der Waals surface area contributed by atoms with Gasteiger partial charge in [0.2, 0.25) is 0 Å². The summed E-state index contributed by atoms with van der Waals surface area (Å²) in [5.41, 5.74) is 6.15. The molecule has 84 valence electrons. The van der Waals surface area contributed by atoms with Gasteiger partial charge in [0.05, 0.1) is 50.7 Å². The Kier molecular flexibility index (Phi) is 6.14. The first-order valence-corrected chi connectivity index (χ1v) is 6.54. The Balaban J connectivity index is 0.000000187. The molecule has 2 rings (SSSR count). The van der Waals surface area contributed by atoms with Crippen LogP contribution in [0.3, 0.4) is 0 Å². The van der Waals surface area contributed by atoms with Gasteiger partial charge < -0.3 is 10.5 Å². The zero-order valence-corrected chi connectivity index (χ0v) is 12.6. The Labute approximate surface area is 115 Å². The molecular formula is C9H11Br3N2O. The van der Waals surface area contributed by atoms with E-state index in [0.717, 1.165) is 16.8 Å². The fourth-order valence-electron chi connectivity index (χ4n) is 0.793. The van der Waals surface area contributed by atoms with Crippen LogP contribution in [0.2, 0.25) is 0 Å². The standard InChI is InChI=1S/C6H4Br3N.C3H7NO/c7-5-3-1-2-4-6(5)10(8)9;4-1-3-2-5-3/h1-4H;3H,1-2,4H2. The van der Waals surface area contributed by atoms with Crippen molar-refractivity contribution in [3.05, 3.63) is 28.7 Å². The third kappa shape index (κ3) is 5.31. The van der Waals surface area contributed by atoms with Crippen molar-refractivity contribution in [3.8, 4) is 0 Å². The van der Waals surface area contributed by atoms with E-state index in [-0.39, 0.29) is 0 Å². The van der Waals surface area contributed by atoms with Gasteiger partial charge >= 0.3 is 0 Å². The molecule has 1 unspecified atom stereocenters. The van der Waals surface area contributed by atoms with E-state index in [1.165, 1.54) is 0 Å². The molecule has 6 heteroatoms. The fraction of sp³-hybridized carbons (Fsp3) is 0.333. The van der Waals surface area contributed by atoms with Crippen LogP contribution in [0.4, 0.5) is 5.69 Å². The Bertz CT molecular complexity index is 305. The zero-order valence-electron chi connectivity index (χ0n) is 7.87. The van der Waals surface area contributed by atoms with Gasteiger partial charge in [-0.05, 0) is 28.1 Å². The molecule has 0 aromatic heterocycles. The summed E-state index contributed by atoms with van der Waals surface area (Å²) in [5, 5.41) is 0. The van der Waals surface area contributed by atoms with Gasteiger partial charge in [0.15, 0.2) is 0 Å². The quantitative estimate of drug-likeness (QED) is 0.610. The Morgan fingerprint density at radius 1 is 1.40 bits per heavy atom. The predicted molar refractivity (Wildman–Crippen MR) is 73.3 cm³/mol. The van der Waals surface area contributed by atoms with Crippen LogP contribution in [0.1, 0.15) is 0 Å². The molecule has 0 bridgehead atoms. The molecule has 1 saturated heterocycles. The second-order valence-corrected chi connectivity index (χ2v) is 6.10. The summed E-state index contributed by atoms with van der Waals surface area (Å²) in [5.74, 6) is 0. The molecule has 1 aliphatic heterocycles. The molecule has 2 N–H and O–H groups in total. The normalized spacial score (nSPS) is 17.7. The van der Waals surface area contributed by atoms with Gasteiger partial charge in [-0.3, -0.25) is 0 Å². The summed E-state index contributed by atoms with van der Waals surface area (Å²) in [6.45, 7) is 1.58. The summed E-state index contributed by atoms with van der Waals surface area (Å²) >= 11 is 9.90. The van der Waals surface area contributed by atoms with Crippen molar-refractivity contribution in [2.75, 3.05) is 16.1 Å². The molecule has 1 aliphatic rings. The van der Waals surface area contributed by atoms with Crippen molar-refractivity contribution >= 4 is 53.9 Å². The van der Waals surface area contributed by atoms with E-state index in [1.54, 1.807) is 2.95 Å². The van der Waals surface area contributed by atoms with Crippen molar-refractivity contribution in [1.82, 2.24) is 0 Å². The highest BCUT2D eigenvalue weighted by molar-refractivity contribution is 9.25. The number of hydrogen-bond donors (Lipinski definition) is 1. The van der Waals surface area contributed by atoms with Crippen molar-refractivity contribution in [2.24, 2.45) is 5.73 Å². The van der Waals surface area contributed by atoms with Crippen LogP contribution in [0.25, 0.3) is 0 Å². The third-order valence-electron chi connectivity index (χ3n) is 1.70. The van der Waals surface area contributed by atoms with Gasteiger partial charge in [-0.15, -0.1) is 0 Å². The van der Waals surface area contributed by atoms with Gasteiger partial charge in [-0.1, -0.05) is 12.1 Å². The van der Waals surface area contributed by atoms with Crippen LogP contribution in [-0.4, -0.2) is 19.3 Å². The number of para-hydroxylation sites is 1. The van der Waals surface area contributed by atoms with E-state index >= 15 is 0 Å². The molecule has 1 atom stereocenters. The van der Waals surface area contributed by atoms with Crippen molar-refractivity contribution in [1.29, 1.82) is 0 Å². The molecule has 0 aliphatic carbocycles. The van der Waals surface area contributed by atoms with Crippen LogP contribution in [0, 0.1) is 0 Å². The van der Waals surface area contributed by atoms with Crippen LogP contribution in [-0.2, 0) is 4.74 Å². The first-order valence-electron chi connectivity index (χ1n) is 4.33. The minimum atomic E-state index is 0.412.